The molecule has 0 amide bonds. The van der Waals surface area contributed by atoms with E-state index in [2.05, 4.69) is 11.9 Å². The zero-order valence-electron chi connectivity index (χ0n) is 13.8. The van der Waals surface area contributed by atoms with Crippen molar-refractivity contribution in [2.45, 2.75) is 39.8 Å². The minimum atomic E-state index is -2.05. The van der Waals surface area contributed by atoms with Gasteiger partial charge in [-0.15, -0.1) is 0 Å². The number of benzene rings is 1. The number of nitro groups is 1. The molecule has 0 saturated heterocycles. The van der Waals surface area contributed by atoms with Gasteiger partial charge in [0.1, 0.15) is 0 Å². The fraction of sp³-hybridized carbons (Fsp3) is 0.600. The van der Waals surface area contributed by atoms with Crippen molar-refractivity contribution in [2.75, 3.05) is 25.1 Å². The van der Waals surface area contributed by atoms with Gasteiger partial charge in [0, 0.05) is 37.6 Å². The third-order valence-electron chi connectivity index (χ3n) is 3.44. The summed E-state index contributed by atoms with van der Waals surface area (Å²) >= 11 is 0. The van der Waals surface area contributed by atoms with Gasteiger partial charge < -0.3 is 14.2 Å². The maximum Gasteiger partial charge on any atom is 0.334 e. The standard InChI is InChI=1S/C15H26N2O4Si/c1-5-20-22(4,21-6-2)11-7-10-16-15-9-8-14(17(18)19)12-13(15)3/h8-9,12,16H,5-7,10-11H2,1-4H3. The Morgan fingerprint density at radius 1 is 1.27 bits per heavy atom. The van der Waals surface area contributed by atoms with Gasteiger partial charge in [-0.1, -0.05) is 0 Å². The molecule has 1 N–H and O–H groups in total. The van der Waals surface area contributed by atoms with E-state index in [4.69, 9.17) is 8.85 Å². The van der Waals surface area contributed by atoms with E-state index >= 15 is 0 Å². The van der Waals surface area contributed by atoms with Crippen molar-refractivity contribution in [2.24, 2.45) is 0 Å². The maximum absolute atomic E-state index is 10.7. The first kappa shape index (κ1) is 18.6. The molecule has 0 saturated carbocycles. The van der Waals surface area contributed by atoms with Crippen LogP contribution in [0.1, 0.15) is 25.8 Å². The van der Waals surface area contributed by atoms with Crippen LogP contribution in [0, 0.1) is 17.0 Å². The van der Waals surface area contributed by atoms with Crippen molar-refractivity contribution < 1.29 is 13.8 Å². The van der Waals surface area contributed by atoms with Gasteiger partial charge in [0.15, 0.2) is 0 Å². The summed E-state index contributed by atoms with van der Waals surface area (Å²) in [5.41, 5.74) is 1.93. The van der Waals surface area contributed by atoms with Gasteiger partial charge in [-0.05, 0) is 51.4 Å². The summed E-state index contributed by atoms with van der Waals surface area (Å²) in [6.45, 7) is 10.1. The molecule has 0 fully saturated rings. The molecule has 0 aromatic heterocycles. The zero-order chi connectivity index (χ0) is 16.6. The summed E-state index contributed by atoms with van der Waals surface area (Å²) in [5, 5.41) is 14.0. The molecule has 22 heavy (non-hydrogen) atoms. The summed E-state index contributed by atoms with van der Waals surface area (Å²) in [4.78, 5) is 10.3. The van der Waals surface area contributed by atoms with Crippen LogP contribution in [0.15, 0.2) is 18.2 Å². The molecule has 0 aliphatic heterocycles. The molecule has 0 bridgehead atoms. The van der Waals surface area contributed by atoms with Gasteiger partial charge in [0.05, 0.1) is 4.92 Å². The Hall–Kier alpha value is -1.44. The smallest absolute Gasteiger partial charge is 0.334 e. The predicted octanol–water partition coefficient (Wildman–Crippen LogP) is 3.85. The van der Waals surface area contributed by atoms with Crippen LogP contribution in [0.25, 0.3) is 0 Å². The third-order valence-corrected chi connectivity index (χ3v) is 6.50. The lowest BCUT2D eigenvalue weighted by atomic mass is 10.2. The van der Waals surface area contributed by atoms with Crippen LogP contribution in [0.4, 0.5) is 11.4 Å². The summed E-state index contributed by atoms with van der Waals surface area (Å²) in [7, 11) is -2.05. The molecule has 7 heteroatoms. The molecule has 124 valence electrons. The van der Waals surface area contributed by atoms with Crippen LogP contribution in [-0.2, 0) is 8.85 Å². The van der Waals surface area contributed by atoms with Gasteiger partial charge in [0.25, 0.3) is 5.69 Å². The Bertz CT molecular complexity index is 490. The van der Waals surface area contributed by atoms with Crippen LogP contribution in [-0.4, -0.2) is 33.2 Å². The fourth-order valence-electron chi connectivity index (χ4n) is 2.39. The molecule has 1 rings (SSSR count). The van der Waals surface area contributed by atoms with Crippen molar-refractivity contribution in [3.63, 3.8) is 0 Å². The average molecular weight is 326 g/mol. The molecule has 6 nitrogen and oxygen atoms in total. The van der Waals surface area contributed by atoms with E-state index in [0.717, 1.165) is 30.3 Å². The summed E-state index contributed by atoms with van der Waals surface area (Å²) in [5.74, 6) is 0. The first-order valence-electron chi connectivity index (χ1n) is 7.68. The maximum atomic E-state index is 10.7. The highest BCUT2D eigenvalue weighted by Gasteiger charge is 2.29. The fourth-order valence-corrected chi connectivity index (χ4v) is 4.80. The van der Waals surface area contributed by atoms with E-state index < -0.39 is 8.56 Å². The van der Waals surface area contributed by atoms with Gasteiger partial charge in [-0.25, -0.2) is 0 Å². The van der Waals surface area contributed by atoms with Gasteiger partial charge in [-0.3, -0.25) is 10.1 Å². The lowest BCUT2D eigenvalue weighted by Crippen LogP contribution is -2.39. The van der Waals surface area contributed by atoms with E-state index in [1.54, 1.807) is 12.1 Å². The number of nitrogens with zero attached hydrogens (tertiary/aromatic N) is 1. The Labute approximate surface area is 133 Å². The van der Waals surface area contributed by atoms with Gasteiger partial charge in [0.2, 0.25) is 0 Å². The Morgan fingerprint density at radius 3 is 2.41 bits per heavy atom. The number of non-ortho nitro benzene ring substituents is 1. The van der Waals surface area contributed by atoms with E-state index in [1.807, 2.05) is 20.8 Å². The number of rotatable bonds is 10. The minimum absolute atomic E-state index is 0.121. The second-order valence-corrected chi connectivity index (χ2v) is 8.63. The third kappa shape index (κ3) is 5.74. The van der Waals surface area contributed by atoms with Crippen LogP contribution in [0.2, 0.25) is 12.6 Å². The molecule has 0 aliphatic carbocycles. The van der Waals surface area contributed by atoms with Crippen molar-refractivity contribution in [1.29, 1.82) is 0 Å². The van der Waals surface area contributed by atoms with E-state index in [-0.39, 0.29) is 10.6 Å². The van der Waals surface area contributed by atoms with Crippen LogP contribution < -0.4 is 5.32 Å². The van der Waals surface area contributed by atoms with Crippen molar-refractivity contribution >= 4 is 19.9 Å². The molecule has 0 aliphatic rings. The topological polar surface area (TPSA) is 73.6 Å². The molecule has 0 radical (unpaired) electrons. The molecule has 0 unspecified atom stereocenters. The molecule has 1 aromatic carbocycles. The highest BCUT2D eigenvalue weighted by atomic mass is 28.4. The number of nitro benzene ring substituents is 1. The molecular formula is C15H26N2O4Si. The number of nitrogens with one attached hydrogen (secondary N) is 1. The van der Waals surface area contributed by atoms with E-state index in [9.17, 15) is 10.1 Å². The van der Waals surface area contributed by atoms with E-state index in [0.29, 0.717) is 13.2 Å². The number of hydrogen-bond acceptors (Lipinski definition) is 5. The lowest BCUT2D eigenvalue weighted by Gasteiger charge is -2.26. The van der Waals surface area contributed by atoms with Crippen LogP contribution in [0.3, 0.4) is 0 Å². The van der Waals surface area contributed by atoms with Gasteiger partial charge in [-0.2, -0.15) is 0 Å². The number of hydrogen-bond donors (Lipinski definition) is 1. The monoisotopic (exact) mass is 326 g/mol. The number of aryl methyl sites for hydroxylation is 1. The highest BCUT2D eigenvalue weighted by molar-refractivity contribution is 6.66. The normalized spacial score (nSPS) is 11.5. The second-order valence-electron chi connectivity index (χ2n) is 5.29. The first-order chi connectivity index (χ1) is 10.4. The SMILES string of the molecule is CCO[Si](C)(CCCNc1ccc([N+](=O)[O-])cc1C)OCC. The van der Waals surface area contributed by atoms with Crippen molar-refractivity contribution in [3.8, 4) is 0 Å². The Kier molecular flexibility index (Phi) is 7.50. The zero-order valence-corrected chi connectivity index (χ0v) is 14.8. The molecule has 0 heterocycles. The summed E-state index contributed by atoms with van der Waals surface area (Å²) in [6.07, 6.45) is 0.944. The van der Waals surface area contributed by atoms with E-state index in [1.165, 1.54) is 6.07 Å². The Morgan fingerprint density at radius 2 is 1.91 bits per heavy atom. The van der Waals surface area contributed by atoms with Crippen molar-refractivity contribution in [1.82, 2.24) is 0 Å². The summed E-state index contributed by atoms with van der Waals surface area (Å²) in [6, 6.07) is 5.79. The predicted molar refractivity (Wildman–Crippen MR) is 90.6 cm³/mol. The molecule has 0 spiro atoms. The second kappa shape index (κ2) is 8.87. The van der Waals surface area contributed by atoms with Crippen LogP contribution >= 0.6 is 0 Å². The number of anilines is 1. The largest absolute Gasteiger partial charge is 0.395 e. The minimum Gasteiger partial charge on any atom is -0.395 e. The molecule has 0 atom stereocenters. The lowest BCUT2D eigenvalue weighted by molar-refractivity contribution is -0.384. The average Bonchev–Trinajstić information content (AvgIpc) is 2.45. The summed E-state index contributed by atoms with van der Waals surface area (Å²) < 4.78 is 11.6. The highest BCUT2D eigenvalue weighted by Crippen LogP contribution is 2.22. The Balaban J connectivity index is 2.48. The molecular weight excluding hydrogens is 300 g/mol. The van der Waals surface area contributed by atoms with Gasteiger partial charge >= 0.3 is 8.56 Å². The quantitative estimate of drug-likeness (QED) is 0.306. The molecule has 1 aromatic rings. The first-order valence-corrected chi connectivity index (χ1v) is 10.2. The van der Waals surface area contributed by atoms with Crippen LogP contribution in [0.5, 0.6) is 0 Å². The van der Waals surface area contributed by atoms with Crippen molar-refractivity contribution in [3.05, 3.63) is 33.9 Å².